The number of nitrogens with zero attached hydrogens (tertiary/aromatic N) is 1. The molecule has 0 bridgehead atoms. The average molecular weight is 333 g/mol. The monoisotopic (exact) mass is 333 g/mol. The van der Waals surface area contributed by atoms with Gasteiger partial charge in [-0.25, -0.2) is 13.4 Å². The van der Waals surface area contributed by atoms with Crippen LogP contribution in [0.2, 0.25) is 0 Å². The summed E-state index contributed by atoms with van der Waals surface area (Å²) in [4.78, 5) is 4.30. The minimum atomic E-state index is -3.42. The topological polar surface area (TPSA) is 79.8 Å². The first-order valence-electron chi connectivity index (χ1n) is 6.93. The first-order chi connectivity index (χ1) is 11.0. The molecule has 0 unspecified atom stereocenters. The highest BCUT2D eigenvalue weighted by Gasteiger charge is 2.07. The molecule has 6 nitrogen and oxygen atoms in total. The van der Waals surface area contributed by atoms with Crippen molar-refractivity contribution in [1.82, 2.24) is 4.72 Å². The summed E-state index contributed by atoms with van der Waals surface area (Å²) in [7, 11) is -1.82. The molecule has 0 aromatic heterocycles. The van der Waals surface area contributed by atoms with Crippen molar-refractivity contribution in [2.24, 2.45) is 4.99 Å². The summed E-state index contributed by atoms with van der Waals surface area (Å²) in [6.07, 6.45) is 1.09. The number of guanidine groups is 1. The molecule has 23 heavy (non-hydrogen) atoms. The minimum absolute atomic E-state index is 0.175. The number of anilines is 1. The standard InChI is InChI=1S/C16H19N3O3S/c1-22-15-10-8-13(9-11-15)12-17-16(19-23(2,20)21)18-14-6-4-3-5-7-14/h3-11H,12H2,1-2H3,(H2,17,18,19). The van der Waals surface area contributed by atoms with Gasteiger partial charge in [0, 0.05) is 5.69 Å². The molecule has 122 valence electrons. The maximum absolute atomic E-state index is 11.5. The van der Waals surface area contributed by atoms with Crippen LogP contribution in [-0.4, -0.2) is 27.7 Å². The number of hydrogen-bond acceptors (Lipinski definition) is 4. The summed E-state index contributed by atoms with van der Waals surface area (Å²) in [6.45, 7) is 0.335. The summed E-state index contributed by atoms with van der Waals surface area (Å²) >= 11 is 0. The van der Waals surface area contributed by atoms with E-state index in [1.807, 2.05) is 54.6 Å². The van der Waals surface area contributed by atoms with Gasteiger partial charge in [-0.15, -0.1) is 0 Å². The van der Waals surface area contributed by atoms with Crippen LogP contribution in [0.5, 0.6) is 5.75 Å². The Morgan fingerprint density at radius 3 is 2.30 bits per heavy atom. The number of methoxy groups -OCH3 is 1. The second-order valence-electron chi connectivity index (χ2n) is 4.88. The SMILES string of the molecule is COc1ccc(CN=C(Nc2ccccc2)NS(C)(=O)=O)cc1. The Labute approximate surface area is 136 Å². The Morgan fingerprint density at radius 1 is 1.09 bits per heavy atom. The summed E-state index contributed by atoms with van der Waals surface area (Å²) in [5.74, 6) is 0.934. The molecule has 0 radical (unpaired) electrons. The Bertz CT molecular complexity index is 757. The van der Waals surface area contributed by atoms with E-state index in [0.717, 1.165) is 23.3 Å². The molecular weight excluding hydrogens is 314 g/mol. The fraction of sp³-hybridized carbons (Fsp3) is 0.188. The van der Waals surface area contributed by atoms with Crippen molar-refractivity contribution < 1.29 is 13.2 Å². The van der Waals surface area contributed by atoms with Gasteiger partial charge in [-0.1, -0.05) is 30.3 Å². The third-order valence-electron chi connectivity index (χ3n) is 2.90. The fourth-order valence-corrected chi connectivity index (χ4v) is 2.30. The first kappa shape index (κ1) is 16.8. The van der Waals surface area contributed by atoms with Crippen molar-refractivity contribution in [2.45, 2.75) is 6.54 Å². The molecule has 0 saturated carbocycles. The van der Waals surface area contributed by atoms with Crippen LogP contribution in [0.3, 0.4) is 0 Å². The number of benzene rings is 2. The lowest BCUT2D eigenvalue weighted by atomic mass is 10.2. The molecule has 0 fully saturated rings. The van der Waals surface area contributed by atoms with Gasteiger partial charge in [-0.3, -0.25) is 4.72 Å². The van der Waals surface area contributed by atoms with Crippen molar-refractivity contribution in [1.29, 1.82) is 0 Å². The number of aliphatic imine (C=N–C) groups is 1. The highest BCUT2D eigenvalue weighted by atomic mass is 32.2. The normalized spacial score (nSPS) is 11.8. The van der Waals surface area contributed by atoms with E-state index in [0.29, 0.717) is 6.54 Å². The second kappa shape index (κ2) is 7.64. The van der Waals surface area contributed by atoms with E-state index in [-0.39, 0.29) is 5.96 Å². The molecular formula is C16H19N3O3S. The molecule has 2 aromatic carbocycles. The summed E-state index contributed by atoms with van der Waals surface area (Å²) in [5, 5.41) is 2.96. The molecule has 2 rings (SSSR count). The lowest BCUT2D eigenvalue weighted by Gasteiger charge is -2.11. The third-order valence-corrected chi connectivity index (χ3v) is 3.46. The largest absolute Gasteiger partial charge is 0.497 e. The summed E-state index contributed by atoms with van der Waals surface area (Å²) < 4.78 is 30.4. The number of ether oxygens (including phenoxy) is 1. The zero-order valence-electron chi connectivity index (χ0n) is 13.0. The van der Waals surface area contributed by atoms with Crippen LogP contribution in [0, 0.1) is 0 Å². The Kier molecular flexibility index (Phi) is 5.59. The molecule has 0 saturated heterocycles. The Balaban J connectivity index is 2.14. The van der Waals surface area contributed by atoms with Crippen LogP contribution in [0.25, 0.3) is 0 Å². The summed E-state index contributed by atoms with van der Waals surface area (Å²) in [5.41, 5.74) is 1.69. The van der Waals surface area contributed by atoms with Crippen LogP contribution in [0.15, 0.2) is 59.6 Å². The molecule has 0 aliphatic heterocycles. The first-order valence-corrected chi connectivity index (χ1v) is 8.82. The van der Waals surface area contributed by atoms with Crippen LogP contribution in [0.4, 0.5) is 5.69 Å². The van der Waals surface area contributed by atoms with Gasteiger partial charge in [0.25, 0.3) is 0 Å². The van der Waals surface area contributed by atoms with Crippen molar-refractivity contribution in [3.63, 3.8) is 0 Å². The minimum Gasteiger partial charge on any atom is -0.497 e. The molecule has 0 aliphatic carbocycles. The van der Waals surface area contributed by atoms with Crippen LogP contribution in [0.1, 0.15) is 5.56 Å². The number of rotatable bonds is 5. The number of nitrogens with one attached hydrogen (secondary N) is 2. The molecule has 7 heteroatoms. The fourth-order valence-electron chi connectivity index (χ4n) is 1.83. The van der Waals surface area contributed by atoms with Crippen molar-refractivity contribution in [3.05, 3.63) is 60.2 Å². The molecule has 0 heterocycles. The van der Waals surface area contributed by atoms with E-state index in [1.54, 1.807) is 7.11 Å². The molecule has 0 amide bonds. The maximum atomic E-state index is 11.5. The Morgan fingerprint density at radius 2 is 1.74 bits per heavy atom. The smallest absolute Gasteiger partial charge is 0.232 e. The van der Waals surface area contributed by atoms with Crippen LogP contribution in [-0.2, 0) is 16.6 Å². The van der Waals surface area contributed by atoms with Gasteiger partial charge in [0.15, 0.2) is 0 Å². The number of sulfonamides is 1. The van der Waals surface area contributed by atoms with E-state index in [2.05, 4.69) is 15.0 Å². The van der Waals surface area contributed by atoms with E-state index in [4.69, 9.17) is 4.74 Å². The van der Waals surface area contributed by atoms with Gasteiger partial charge in [-0.05, 0) is 29.8 Å². The quantitative estimate of drug-likeness (QED) is 0.649. The molecule has 2 N–H and O–H groups in total. The van der Waals surface area contributed by atoms with Crippen LogP contribution >= 0.6 is 0 Å². The highest BCUT2D eigenvalue weighted by Crippen LogP contribution is 2.12. The van der Waals surface area contributed by atoms with Gasteiger partial charge in [0.1, 0.15) is 5.75 Å². The van der Waals surface area contributed by atoms with Crippen LogP contribution < -0.4 is 14.8 Å². The predicted octanol–water partition coefficient (Wildman–Crippen LogP) is 2.21. The van der Waals surface area contributed by atoms with Gasteiger partial charge >= 0.3 is 0 Å². The number of para-hydroxylation sites is 1. The maximum Gasteiger partial charge on any atom is 0.232 e. The molecule has 0 atom stereocenters. The van der Waals surface area contributed by atoms with Gasteiger partial charge in [-0.2, -0.15) is 0 Å². The van der Waals surface area contributed by atoms with Crippen molar-refractivity contribution >= 4 is 21.7 Å². The van der Waals surface area contributed by atoms with Gasteiger partial charge in [0.05, 0.1) is 19.9 Å². The number of hydrogen-bond donors (Lipinski definition) is 2. The van der Waals surface area contributed by atoms with Gasteiger partial charge in [0.2, 0.25) is 16.0 Å². The van der Waals surface area contributed by atoms with E-state index >= 15 is 0 Å². The lowest BCUT2D eigenvalue weighted by Crippen LogP contribution is -2.35. The summed E-state index contributed by atoms with van der Waals surface area (Å²) in [6, 6.07) is 16.7. The predicted molar refractivity (Wildman–Crippen MR) is 92.2 cm³/mol. The lowest BCUT2D eigenvalue weighted by molar-refractivity contribution is 0.414. The highest BCUT2D eigenvalue weighted by molar-refractivity contribution is 7.89. The third kappa shape index (κ3) is 5.99. The van der Waals surface area contributed by atoms with Crippen molar-refractivity contribution in [3.8, 4) is 5.75 Å². The van der Waals surface area contributed by atoms with E-state index in [9.17, 15) is 8.42 Å². The zero-order valence-corrected chi connectivity index (χ0v) is 13.8. The Hall–Kier alpha value is -2.54. The zero-order chi connectivity index (χ0) is 16.7. The molecule has 0 aliphatic rings. The van der Waals surface area contributed by atoms with Crippen molar-refractivity contribution in [2.75, 3.05) is 18.7 Å². The van der Waals surface area contributed by atoms with E-state index < -0.39 is 10.0 Å². The molecule has 0 spiro atoms. The average Bonchev–Trinajstić information content (AvgIpc) is 2.53. The van der Waals surface area contributed by atoms with E-state index in [1.165, 1.54) is 0 Å². The van der Waals surface area contributed by atoms with Gasteiger partial charge < -0.3 is 10.1 Å². The second-order valence-corrected chi connectivity index (χ2v) is 6.63. The molecule has 2 aromatic rings.